The maximum atomic E-state index is 11.9. The molecular weight excluding hydrogens is 256 g/mol. The van der Waals surface area contributed by atoms with Gasteiger partial charge >= 0.3 is 0 Å². The van der Waals surface area contributed by atoms with E-state index in [9.17, 15) is 9.59 Å². The number of amides is 2. The summed E-state index contributed by atoms with van der Waals surface area (Å²) >= 11 is 0. The molecule has 0 aliphatic carbocycles. The average molecular weight is 278 g/mol. The van der Waals surface area contributed by atoms with Crippen LogP contribution in [0.2, 0.25) is 0 Å². The van der Waals surface area contributed by atoms with Gasteiger partial charge in [-0.05, 0) is 32.3 Å². The van der Waals surface area contributed by atoms with Gasteiger partial charge in [-0.1, -0.05) is 6.92 Å². The van der Waals surface area contributed by atoms with Crippen LogP contribution in [0.3, 0.4) is 0 Å². The zero-order valence-corrected chi connectivity index (χ0v) is 12.3. The number of carbonyl (C=O) groups excluding carboxylic acids is 2. The summed E-state index contributed by atoms with van der Waals surface area (Å²) in [6, 6.07) is 1.68. The van der Waals surface area contributed by atoms with E-state index in [-0.39, 0.29) is 23.8 Å². The van der Waals surface area contributed by atoms with Crippen LogP contribution in [-0.2, 0) is 16.1 Å². The monoisotopic (exact) mass is 278 g/mol. The van der Waals surface area contributed by atoms with E-state index in [1.165, 1.54) is 0 Å². The molecule has 0 aromatic carbocycles. The third-order valence-corrected chi connectivity index (χ3v) is 3.52. The highest BCUT2D eigenvalue weighted by molar-refractivity contribution is 5.90. The lowest BCUT2D eigenvalue weighted by Gasteiger charge is -2.16. The van der Waals surface area contributed by atoms with E-state index in [1.54, 1.807) is 0 Å². The van der Waals surface area contributed by atoms with Gasteiger partial charge in [0, 0.05) is 25.2 Å². The second-order valence-corrected chi connectivity index (χ2v) is 5.62. The first-order chi connectivity index (χ1) is 9.45. The minimum absolute atomic E-state index is 0.0409. The highest BCUT2D eigenvalue weighted by Crippen LogP contribution is 2.08. The molecule has 1 aromatic heterocycles. The number of hydrogen-bond donors (Lipinski definition) is 2. The number of hydrogen-bond acceptors (Lipinski definition) is 3. The summed E-state index contributed by atoms with van der Waals surface area (Å²) in [4.78, 5) is 22.9. The molecule has 0 unspecified atom stereocenters. The summed E-state index contributed by atoms with van der Waals surface area (Å²) in [6.45, 7) is 7.43. The summed E-state index contributed by atoms with van der Waals surface area (Å²) in [5.74, 6) is 0.158. The lowest BCUT2D eigenvalue weighted by molar-refractivity contribution is -0.125. The van der Waals surface area contributed by atoms with Crippen molar-refractivity contribution in [3.63, 3.8) is 0 Å². The molecule has 6 nitrogen and oxygen atoms in total. The van der Waals surface area contributed by atoms with Crippen LogP contribution >= 0.6 is 0 Å². The Labute approximate surface area is 118 Å². The maximum Gasteiger partial charge on any atom is 0.242 e. The van der Waals surface area contributed by atoms with Crippen LogP contribution in [0.5, 0.6) is 0 Å². The lowest BCUT2D eigenvalue weighted by atomic mass is 10.1. The molecule has 2 heterocycles. The lowest BCUT2D eigenvalue weighted by Crippen LogP contribution is -2.43. The van der Waals surface area contributed by atoms with E-state index >= 15 is 0 Å². The topological polar surface area (TPSA) is 76.0 Å². The highest BCUT2D eigenvalue weighted by atomic mass is 16.2. The Balaban J connectivity index is 1.77. The molecule has 20 heavy (non-hydrogen) atoms. The van der Waals surface area contributed by atoms with Gasteiger partial charge in [-0.3, -0.25) is 14.3 Å². The first kappa shape index (κ1) is 14.6. The number of aryl methyl sites for hydroxylation is 2. The summed E-state index contributed by atoms with van der Waals surface area (Å²) in [5, 5.41) is 9.98. The van der Waals surface area contributed by atoms with Gasteiger partial charge in [-0.15, -0.1) is 0 Å². The Morgan fingerprint density at radius 1 is 1.60 bits per heavy atom. The predicted octanol–water partition coefficient (Wildman–Crippen LogP) is 0.531. The molecule has 1 fully saturated rings. The molecule has 6 heteroatoms. The zero-order chi connectivity index (χ0) is 14.7. The summed E-state index contributed by atoms with van der Waals surface area (Å²) in [5.41, 5.74) is 2.14. The Morgan fingerprint density at radius 2 is 2.35 bits per heavy atom. The maximum absolute atomic E-state index is 11.9. The van der Waals surface area contributed by atoms with E-state index in [4.69, 9.17) is 0 Å². The summed E-state index contributed by atoms with van der Waals surface area (Å²) in [6.07, 6.45) is 1.04. The van der Waals surface area contributed by atoms with Crippen molar-refractivity contribution in [3.05, 3.63) is 17.5 Å². The van der Waals surface area contributed by atoms with E-state index < -0.39 is 0 Å². The van der Waals surface area contributed by atoms with Gasteiger partial charge in [-0.2, -0.15) is 5.10 Å². The molecule has 110 valence electrons. The predicted molar refractivity (Wildman–Crippen MR) is 75.0 cm³/mol. The first-order valence-corrected chi connectivity index (χ1v) is 7.04. The van der Waals surface area contributed by atoms with Crippen molar-refractivity contribution < 1.29 is 9.59 Å². The molecule has 2 N–H and O–H groups in total. The van der Waals surface area contributed by atoms with Crippen molar-refractivity contribution in [2.45, 2.75) is 46.2 Å². The highest BCUT2D eigenvalue weighted by Gasteiger charge is 2.27. The Morgan fingerprint density at radius 3 is 2.90 bits per heavy atom. The zero-order valence-electron chi connectivity index (χ0n) is 12.3. The van der Waals surface area contributed by atoms with E-state index in [0.717, 1.165) is 17.9 Å². The molecule has 0 bridgehead atoms. The van der Waals surface area contributed by atoms with Gasteiger partial charge in [0.25, 0.3) is 0 Å². The van der Waals surface area contributed by atoms with E-state index in [1.807, 2.05) is 24.6 Å². The van der Waals surface area contributed by atoms with Gasteiger partial charge in [-0.25, -0.2) is 0 Å². The van der Waals surface area contributed by atoms with Crippen molar-refractivity contribution in [1.82, 2.24) is 20.4 Å². The van der Waals surface area contributed by atoms with E-state index in [2.05, 4.69) is 22.7 Å². The summed E-state index contributed by atoms with van der Waals surface area (Å²) < 4.78 is 1.96. The third kappa shape index (κ3) is 3.59. The Kier molecular flexibility index (Phi) is 4.42. The van der Waals surface area contributed by atoms with Gasteiger partial charge in [0.05, 0.1) is 5.69 Å². The summed E-state index contributed by atoms with van der Waals surface area (Å²) in [7, 11) is 0. The number of rotatable bonds is 5. The number of aromatic nitrogens is 2. The minimum atomic E-state index is -0.358. The smallest absolute Gasteiger partial charge is 0.242 e. The van der Waals surface area contributed by atoms with Crippen LogP contribution in [0, 0.1) is 19.8 Å². The normalized spacial score (nSPS) is 19.8. The fourth-order valence-electron chi connectivity index (χ4n) is 2.43. The van der Waals surface area contributed by atoms with Crippen molar-refractivity contribution in [3.8, 4) is 0 Å². The van der Waals surface area contributed by atoms with Crippen LogP contribution in [0.1, 0.15) is 31.2 Å². The van der Waals surface area contributed by atoms with Crippen LogP contribution in [-0.4, -0.2) is 34.2 Å². The largest absolute Gasteiger partial charge is 0.354 e. The number of nitrogens with zero attached hydrogens (tertiary/aromatic N) is 2. The van der Waals surface area contributed by atoms with Crippen LogP contribution < -0.4 is 10.6 Å². The Bertz CT molecular complexity index is 509. The van der Waals surface area contributed by atoms with Gasteiger partial charge < -0.3 is 10.6 Å². The molecule has 2 amide bonds. The molecule has 0 saturated carbocycles. The van der Waals surface area contributed by atoms with Crippen LogP contribution in [0.15, 0.2) is 6.07 Å². The molecule has 0 spiro atoms. The van der Waals surface area contributed by atoms with Crippen molar-refractivity contribution in [2.24, 2.45) is 5.92 Å². The second kappa shape index (κ2) is 6.07. The van der Waals surface area contributed by atoms with Crippen LogP contribution in [0.4, 0.5) is 0 Å². The molecule has 0 radical (unpaired) electrons. The molecule has 1 aliphatic rings. The third-order valence-electron chi connectivity index (χ3n) is 3.52. The fraction of sp³-hybridized carbons (Fsp3) is 0.643. The number of carbonyl (C=O) groups is 2. The molecular formula is C14H22N4O2. The minimum Gasteiger partial charge on any atom is -0.354 e. The molecule has 2 rings (SSSR count). The van der Waals surface area contributed by atoms with Crippen molar-refractivity contribution in [2.75, 3.05) is 6.54 Å². The van der Waals surface area contributed by atoms with Crippen molar-refractivity contribution >= 4 is 11.8 Å². The molecule has 1 saturated heterocycles. The van der Waals surface area contributed by atoms with Gasteiger partial charge in [0.2, 0.25) is 11.8 Å². The standard InChI is InChI=1S/C14H22N4O2/c1-9(8-18-11(3)6-10(2)17-18)7-15-14(20)12-4-5-13(19)16-12/h6,9,12H,4-5,7-8H2,1-3H3,(H,15,20)(H,16,19)/t9-,12-/m0/s1. The quantitative estimate of drug-likeness (QED) is 0.825. The SMILES string of the molecule is Cc1cc(C)n(C[C@@H](C)CNC(=O)[C@@H]2CCC(=O)N2)n1. The van der Waals surface area contributed by atoms with Gasteiger partial charge in [0.15, 0.2) is 0 Å². The molecule has 2 atom stereocenters. The molecule has 1 aliphatic heterocycles. The second-order valence-electron chi connectivity index (χ2n) is 5.62. The van der Waals surface area contributed by atoms with Crippen LogP contribution in [0.25, 0.3) is 0 Å². The molecule has 1 aromatic rings. The first-order valence-electron chi connectivity index (χ1n) is 7.04. The number of nitrogens with one attached hydrogen (secondary N) is 2. The Hall–Kier alpha value is -1.85. The van der Waals surface area contributed by atoms with E-state index in [0.29, 0.717) is 19.4 Å². The van der Waals surface area contributed by atoms with Gasteiger partial charge in [0.1, 0.15) is 6.04 Å². The fourth-order valence-corrected chi connectivity index (χ4v) is 2.43. The van der Waals surface area contributed by atoms with Crippen molar-refractivity contribution in [1.29, 1.82) is 0 Å². The average Bonchev–Trinajstić information content (AvgIpc) is 2.93.